The van der Waals surface area contributed by atoms with E-state index in [4.69, 9.17) is 4.74 Å². The topological polar surface area (TPSA) is 52.1 Å². The second kappa shape index (κ2) is 4.86. The zero-order chi connectivity index (χ0) is 13.1. The van der Waals surface area contributed by atoms with Gasteiger partial charge in [-0.15, -0.1) is 0 Å². The molecule has 2 aromatic heterocycles. The molecule has 0 spiro atoms. The average molecular weight is 250 g/mol. The Kier molecular flexibility index (Phi) is 2.90. The number of carbonyl (C=O) groups excluding carboxylic acids is 1. The van der Waals surface area contributed by atoms with E-state index in [1.807, 2.05) is 30.3 Å². The van der Waals surface area contributed by atoms with Crippen LogP contribution in [0.15, 0.2) is 54.7 Å². The highest BCUT2D eigenvalue weighted by Crippen LogP contribution is 2.21. The summed E-state index contributed by atoms with van der Waals surface area (Å²) in [4.78, 5) is 18.8. The fourth-order valence-corrected chi connectivity index (χ4v) is 1.75. The van der Waals surface area contributed by atoms with Crippen molar-refractivity contribution in [1.29, 1.82) is 0 Å². The lowest BCUT2D eigenvalue weighted by Crippen LogP contribution is -1.91. The maximum absolute atomic E-state index is 10.5. The number of fused-ring (bicyclic) bond motifs is 1. The van der Waals surface area contributed by atoms with Crippen molar-refractivity contribution in [2.75, 3.05) is 0 Å². The van der Waals surface area contributed by atoms with E-state index in [2.05, 4.69) is 9.97 Å². The fraction of sp³-hybridized carbons (Fsp3) is 0. The van der Waals surface area contributed by atoms with Crippen LogP contribution in [0.4, 0.5) is 0 Å². The van der Waals surface area contributed by atoms with Crippen LogP contribution in [0.2, 0.25) is 0 Å². The summed E-state index contributed by atoms with van der Waals surface area (Å²) in [5.74, 6) is 1.05. The van der Waals surface area contributed by atoms with Crippen molar-refractivity contribution in [1.82, 2.24) is 9.97 Å². The number of carbonyl (C=O) groups is 1. The second-order valence-corrected chi connectivity index (χ2v) is 3.98. The molecule has 0 aliphatic carbocycles. The number of pyridine rings is 2. The smallest absolute Gasteiger partial charge is 0.219 e. The molecule has 0 atom stereocenters. The van der Waals surface area contributed by atoms with Crippen LogP contribution in [0, 0.1) is 0 Å². The van der Waals surface area contributed by atoms with Crippen molar-refractivity contribution in [3.05, 3.63) is 60.4 Å². The van der Waals surface area contributed by atoms with Crippen LogP contribution in [0.1, 0.15) is 10.5 Å². The lowest BCUT2D eigenvalue weighted by atomic mass is 10.2. The summed E-state index contributed by atoms with van der Waals surface area (Å²) in [5.41, 5.74) is 1.25. The molecule has 4 heteroatoms. The molecule has 0 unspecified atom stereocenters. The first-order valence-electron chi connectivity index (χ1n) is 5.80. The molecule has 3 aromatic rings. The largest absolute Gasteiger partial charge is 0.437 e. The predicted octanol–water partition coefficient (Wildman–Crippen LogP) is 3.23. The third kappa shape index (κ3) is 2.42. The van der Waals surface area contributed by atoms with Crippen molar-refractivity contribution in [3.8, 4) is 11.6 Å². The Morgan fingerprint density at radius 1 is 1.00 bits per heavy atom. The minimum atomic E-state index is 0.374. The molecule has 0 amide bonds. The highest BCUT2D eigenvalue weighted by atomic mass is 16.5. The summed E-state index contributed by atoms with van der Waals surface area (Å²) in [6.45, 7) is 0. The lowest BCUT2D eigenvalue weighted by molar-refractivity contribution is 0.111. The third-order valence-corrected chi connectivity index (χ3v) is 2.68. The standard InChI is InChI=1S/C15H10N2O2/c18-10-12-6-7-13(9-16-12)19-15-8-5-11-3-1-2-4-14(11)17-15/h1-10H. The first kappa shape index (κ1) is 11.3. The Bertz CT molecular complexity index is 724. The number of rotatable bonds is 3. The van der Waals surface area contributed by atoms with Gasteiger partial charge < -0.3 is 4.74 Å². The number of aromatic nitrogens is 2. The minimum Gasteiger partial charge on any atom is -0.437 e. The van der Waals surface area contributed by atoms with Crippen molar-refractivity contribution < 1.29 is 9.53 Å². The second-order valence-electron chi connectivity index (χ2n) is 3.98. The number of hydrogen-bond donors (Lipinski definition) is 0. The monoisotopic (exact) mass is 250 g/mol. The fourth-order valence-electron chi connectivity index (χ4n) is 1.75. The van der Waals surface area contributed by atoms with Gasteiger partial charge in [-0.2, -0.15) is 0 Å². The molecular weight excluding hydrogens is 240 g/mol. The SMILES string of the molecule is O=Cc1ccc(Oc2ccc3ccccc3n2)cn1. The zero-order valence-electron chi connectivity index (χ0n) is 9.98. The maximum atomic E-state index is 10.5. The normalized spacial score (nSPS) is 10.3. The van der Waals surface area contributed by atoms with Gasteiger partial charge in [0.05, 0.1) is 11.7 Å². The van der Waals surface area contributed by atoms with E-state index < -0.39 is 0 Å². The third-order valence-electron chi connectivity index (χ3n) is 2.68. The molecule has 2 heterocycles. The van der Waals surface area contributed by atoms with E-state index in [1.165, 1.54) is 6.20 Å². The molecule has 4 nitrogen and oxygen atoms in total. The van der Waals surface area contributed by atoms with Gasteiger partial charge in [0.25, 0.3) is 0 Å². The lowest BCUT2D eigenvalue weighted by Gasteiger charge is -2.05. The Morgan fingerprint density at radius 2 is 1.89 bits per heavy atom. The average Bonchev–Trinajstić information content (AvgIpc) is 2.48. The maximum Gasteiger partial charge on any atom is 0.219 e. The van der Waals surface area contributed by atoms with Gasteiger partial charge >= 0.3 is 0 Å². The molecule has 0 saturated heterocycles. The summed E-state index contributed by atoms with van der Waals surface area (Å²) >= 11 is 0. The Labute approximate surface area is 109 Å². The Morgan fingerprint density at radius 3 is 2.68 bits per heavy atom. The van der Waals surface area contributed by atoms with Crippen LogP contribution >= 0.6 is 0 Å². The number of benzene rings is 1. The van der Waals surface area contributed by atoms with E-state index in [-0.39, 0.29) is 0 Å². The van der Waals surface area contributed by atoms with E-state index in [0.29, 0.717) is 23.6 Å². The summed E-state index contributed by atoms with van der Waals surface area (Å²) < 4.78 is 5.60. The summed E-state index contributed by atoms with van der Waals surface area (Å²) in [6, 6.07) is 14.9. The van der Waals surface area contributed by atoms with Gasteiger partial charge in [-0.1, -0.05) is 18.2 Å². The highest BCUT2D eigenvalue weighted by Gasteiger charge is 2.01. The summed E-state index contributed by atoms with van der Waals surface area (Å²) in [5, 5.41) is 1.06. The minimum absolute atomic E-state index is 0.374. The molecule has 0 aliphatic heterocycles. The first-order chi connectivity index (χ1) is 9.35. The number of ether oxygens (including phenoxy) is 1. The molecule has 1 aromatic carbocycles. The quantitative estimate of drug-likeness (QED) is 0.669. The Hall–Kier alpha value is -2.75. The first-order valence-corrected chi connectivity index (χ1v) is 5.80. The molecule has 19 heavy (non-hydrogen) atoms. The van der Waals surface area contributed by atoms with Crippen LogP contribution in [-0.2, 0) is 0 Å². The molecule has 0 radical (unpaired) electrons. The van der Waals surface area contributed by atoms with Crippen LogP contribution in [0.3, 0.4) is 0 Å². The van der Waals surface area contributed by atoms with Gasteiger partial charge in [0, 0.05) is 11.5 Å². The molecule has 0 fully saturated rings. The van der Waals surface area contributed by atoms with Crippen LogP contribution in [0.25, 0.3) is 10.9 Å². The van der Waals surface area contributed by atoms with Crippen molar-refractivity contribution in [2.45, 2.75) is 0 Å². The van der Waals surface area contributed by atoms with Gasteiger partial charge in [0.2, 0.25) is 5.88 Å². The molecular formula is C15H10N2O2. The predicted molar refractivity (Wildman–Crippen MR) is 71.4 cm³/mol. The number of aldehydes is 1. The van der Waals surface area contributed by atoms with Crippen molar-refractivity contribution >= 4 is 17.2 Å². The van der Waals surface area contributed by atoms with Gasteiger partial charge in [-0.25, -0.2) is 9.97 Å². The molecule has 0 aliphatic rings. The van der Waals surface area contributed by atoms with Crippen LogP contribution < -0.4 is 4.74 Å². The zero-order valence-corrected chi connectivity index (χ0v) is 9.98. The van der Waals surface area contributed by atoms with Gasteiger partial charge in [-0.3, -0.25) is 4.79 Å². The van der Waals surface area contributed by atoms with Crippen molar-refractivity contribution in [2.24, 2.45) is 0 Å². The highest BCUT2D eigenvalue weighted by molar-refractivity contribution is 5.78. The van der Waals surface area contributed by atoms with E-state index >= 15 is 0 Å². The van der Waals surface area contributed by atoms with Gasteiger partial charge in [0.1, 0.15) is 11.4 Å². The number of para-hydroxylation sites is 1. The molecule has 0 N–H and O–H groups in total. The molecule has 0 bridgehead atoms. The molecule has 0 saturated carbocycles. The Balaban J connectivity index is 1.89. The van der Waals surface area contributed by atoms with E-state index in [9.17, 15) is 4.79 Å². The summed E-state index contributed by atoms with van der Waals surface area (Å²) in [6.07, 6.45) is 2.19. The van der Waals surface area contributed by atoms with Gasteiger partial charge in [0.15, 0.2) is 6.29 Å². The van der Waals surface area contributed by atoms with Crippen LogP contribution in [0.5, 0.6) is 11.6 Å². The molecule has 92 valence electrons. The van der Waals surface area contributed by atoms with E-state index in [1.54, 1.807) is 18.2 Å². The number of nitrogens with zero attached hydrogens (tertiary/aromatic N) is 2. The number of hydrogen-bond acceptors (Lipinski definition) is 4. The van der Waals surface area contributed by atoms with Gasteiger partial charge in [-0.05, 0) is 24.3 Å². The van der Waals surface area contributed by atoms with E-state index in [0.717, 1.165) is 10.9 Å². The van der Waals surface area contributed by atoms with Crippen LogP contribution in [-0.4, -0.2) is 16.3 Å². The summed E-state index contributed by atoms with van der Waals surface area (Å²) in [7, 11) is 0. The van der Waals surface area contributed by atoms with Crippen molar-refractivity contribution in [3.63, 3.8) is 0 Å². The molecule has 3 rings (SSSR count).